The molecule has 0 bridgehead atoms. The second-order valence-electron chi connectivity index (χ2n) is 8.22. The largest absolute Gasteiger partial charge is 0.416 e. The fraction of sp³-hybridized carbons (Fsp3) is 0.185. The van der Waals surface area contributed by atoms with E-state index in [9.17, 15) is 22.8 Å². The molecule has 0 fully saturated rings. The number of halogens is 3. The highest BCUT2D eigenvalue weighted by molar-refractivity contribution is 6.46. The van der Waals surface area contributed by atoms with E-state index < -0.39 is 23.6 Å². The number of benzene rings is 3. The van der Waals surface area contributed by atoms with Crippen LogP contribution in [0.1, 0.15) is 34.7 Å². The Balaban J connectivity index is 1.82. The zero-order valence-corrected chi connectivity index (χ0v) is 19.0. The standard InChI is InChI=1S/C27H23F3N2O2/c1-4-18-9-12-22(13-10-18)32-25(33)23(19-11-8-16(2)17(3)14-19)24(26(32)34)31-21-7-5-6-20(15-21)27(28,29)30/h5-15,31H,4H2,1-3H3. The molecule has 0 spiro atoms. The summed E-state index contributed by atoms with van der Waals surface area (Å²) in [6.07, 6.45) is -3.73. The molecule has 3 aromatic carbocycles. The Kier molecular flexibility index (Phi) is 6.04. The molecule has 0 aromatic heterocycles. The van der Waals surface area contributed by atoms with Gasteiger partial charge in [-0.25, -0.2) is 4.90 Å². The average molecular weight is 464 g/mol. The molecule has 0 saturated heterocycles. The van der Waals surface area contributed by atoms with Gasteiger partial charge >= 0.3 is 6.18 Å². The number of carbonyl (C=O) groups is 2. The van der Waals surface area contributed by atoms with Crippen LogP contribution in [-0.2, 0) is 22.2 Å². The minimum Gasteiger partial charge on any atom is -0.350 e. The van der Waals surface area contributed by atoms with Crippen LogP contribution in [-0.4, -0.2) is 11.8 Å². The van der Waals surface area contributed by atoms with Crippen LogP contribution >= 0.6 is 0 Å². The zero-order valence-electron chi connectivity index (χ0n) is 19.0. The maximum Gasteiger partial charge on any atom is 0.416 e. The summed E-state index contributed by atoms with van der Waals surface area (Å²) in [7, 11) is 0. The number of hydrogen-bond donors (Lipinski definition) is 1. The fourth-order valence-electron chi connectivity index (χ4n) is 3.84. The van der Waals surface area contributed by atoms with E-state index in [0.717, 1.165) is 40.1 Å². The van der Waals surface area contributed by atoms with Crippen LogP contribution in [0.15, 0.2) is 72.4 Å². The summed E-state index contributed by atoms with van der Waals surface area (Å²) in [5.41, 5.74) is 3.17. The van der Waals surface area contributed by atoms with Crippen molar-refractivity contribution in [2.24, 2.45) is 0 Å². The molecule has 0 unspecified atom stereocenters. The summed E-state index contributed by atoms with van der Waals surface area (Å²) in [5.74, 6) is -1.16. The first-order valence-corrected chi connectivity index (χ1v) is 10.8. The van der Waals surface area contributed by atoms with Gasteiger partial charge in [0.2, 0.25) is 0 Å². The maximum atomic E-state index is 13.5. The minimum absolute atomic E-state index is 0.0628. The lowest BCUT2D eigenvalue weighted by molar-refractivity contribution is -0.137. The Morgan fingerprint density at radius 1 is 0.853 bits per heavy atom. The lowest BCUT2D eigenvalue weighted by Gasteiger charge is -2.16. The number of aryl methyl sites for hydroxylation is 3. The number of alkyl halides is 3. The monoisotopic (exact) mass is 464 g/mol. The first-order chi connectivity index (χ1) is 16.1. The first kappa shape index (κ1) is 23.3. The molecule has 1 aliphatic rings. The van der Waals surface area contributed by atoms with Gasteiger partial charge in [0, 0.05) is 5.69 Å². The quantitative estimate of drug-likeness (QED) is 0.452. The summed E-state index contributed by atoms with van der Waals surface area (Å²) in [4.78, 5) is 28.0. The van der Waals surface area contributed by atoms with E-state index in [4.69, 9.17) is 0 Å². The highest BCUT2D eigenvalue weighted by Crippen LogP contribution is 2.36. The van der Waals surface area contributed by atoms with Crippen molar-refractivity contribution in [3.63, 3.8) is 0 Å². The third-order valence-electron chi connectivity index (χ3n) is 5.94. The molecule has 2 amide bonds. The highest BCUT2D eigenvalue weighted by atomic mass is 19.4. The van der Waals surface area contributed by atoms with Crippen LogP contribution in [0.3, 0.4) is 0 Å². The zero-order chi connectivity index (χ0) is 24.6. The molecule has 174 valence electrons. The van der Waals surface area contributed by atoms with Gasteiger partial charge in [0.05, 0.1) is 16.8 Å². The van der Waals surface area contributed by atoms with Gasteiger partial charge in [0.25, 0.3) is 11.8 Å². The van der Waals surface area contributed by atoms with E-state index in [-0.39, 0.29) is 17.0 Å². The van der Waals surface area contributed by atoms with E-state index >= 15 is 0 Å². The Labute approximate surface area is 195 Å². The molecule has 0 saturated carbocycles. The lowest BCUT2D eigenvalue weighted by Crippen LogP contribution is -2.32. The van der Waals surface area contributed by atoms with Crippen molar-refractivity contribution in [2.45, 2.75) is 33.4 Å². The van der Waals surface area contributed by atoms with Crippen LogP contribution < -0.4 is 10.2 Å². The molecule has 7 heteroatoms. The Morgan fingerprint density at radius 2 is 1.56 bits per heavy atom. The molecule has 0 radical (unpaired) electrons. The van der Waals surface area contributed by atoms with E-state index in [0.29, 0.717) is 11.3 Å². The Bertz CT molecular complexity index is 1310. The van der Waals surface area contributed by atoms with E-state index in [1.54, 1.807) is 24.3 Å². The summed E-state index contributed by atoms with van der Waals surface area (Å²) < 4.78 is 39.7. The van der Waals surface area contributed by atoms with Crippen molar-refractivity contribution in [1.29, 1.82) is 0 Å². The van der Waals surface area contributed by atoms with Crippen molar-refractivity contribution in [3.8, 4) is 0 Å². The molecule has 4 rings (SSSR count). The van der Waals surface area contributed by atoms with Crippen molar-refractivity contribution in [1.82, 2.24) is 0 Å². The van der Waals surface area contributed by atoms with Crippen LogP contribution in [0.5, 0.6) is 0 Å². The van der Waals surface area contributed by atoms with Gasteiger partial charge in [-0.05, 0) is 72.9 Å². The molecule has 1 aliphatic heterocycles. The minimum atomic E-state index is -4.54. The van der Waals surface area contributed by atoms with Crippen molar-refractivity contribution < 1.29 is 22.8 Å². The van der Waals surface area contributed by atoms with E-state index in [2.05, 4.69) is 5.32 Å². The highest BCUT2D eigenvalue weighted by Gasteiger charge is 2.40. The summed E-state index contributed by atoms with van der Waals surface area (Å²) in [6.45, 7) is 5.82. The smallest absolute Gasteiger partial charge is 0.350 e. The second kappa shape index (κ2) is 8.82. The molecule has 1 heterocycles. The number of carbonyl (C=O) groups excluding carboxylic acids is 2. The number of amides is 2. The molecular weight excluding hydrogens is 441 g/mol. The van der Waals surface area contributed by atoms with Gasteiger partial charge in [-0.2, -0.15) is 13.2 Å². The molecule has 34 heavy (non-hydrogen) atoms. The van der Waals surface area contributed by atoms with Crippen LogP contribution in [0.2, 0.25) is 0 Å². The topological polar surface area (TPSA) is 49.4 Å². The van der Waals surface area contributed by atoms with Crippen LogP contribution in [0.25, 0.3) is 5.57 Å². The molecule has 3 aromatic rings. The third-order valence-corrected chi connectivity index (χ3v) is 5.94. The Morgan fingerprint density at radius 3 is 2.18 bits per heavy atom. The van der Waals surface area contributed by atoms with Crippen LogP contribution in [0, 0.1) is 13.8 Å². The van der Waals surface area contributed by atoms with Gasteiger partial charge in [0.15, 0.2) is 0 Å². The number of anilines is 2. The SMILES string of the molecule is CCc1ccc(N2C(=O)C(Nc3cccc(C(F)(F)F)c3)=C(c3ccc(C)c(C)c3)C2=O)cc1. The Hall–Kier alpha value is -3.87. The molecule has 0 atom stereocenters. The predicted molar refractivity (Wildman–Crippen MR) is 126 cm³/mol. The summed E-state index contributed by atoms with van der Waals surface area (Å²) in [5, 5.41) is 2.81. The maximum absolute atomic E-state index is 13.5. The first-order valence-electron chi connectivity index (χ1n) is 10.8. The fourth-order valence-corrected chi connectivity index (χ4v) is 3.84. The van der Waals surface area contributed by atoms with Gasteiger partial charge in [-0.1, -0.05) is 43.3 Å². The van der Waals surface area contributed by atoms with Crippen molar-refractivity contribution in [3.05, 3.63) is 100 Å². The molecular formula is C27H23F3N2O2. The number of nitrogens with zero attached hydrogens (tertiary/aromatic N) is 1. The summed E-state index contributed by atoms with van der Waals surface area (Å²) >= 11 is 0. The molecule has 1 N–H and O–H groups in total. The van der Waals surface area contributed by atoms with Gasteiger partial charge in [0.1, 0.15) is 5.70 Å². The summed E-state index contributed by atoms with van der Waals surface area (Å²) in [6, 6.07) is 17.0. The predicted octanol–water partition coefficient (Wildman–Crippen LogP) is 6.28. The number of imide groups is 1. The van der Waals surface area contributed by atoms with Gasteiger partial charge < -0.3 is 5.32 Å². The molecule has 0 aliphatic carbocycles. The van der Waals surface area contributed by atoms with Gasteiger partial charge in [-0.3, -0.25) is 9.59 Å². The number of hydrogen-bond acceptors (Lipinski definition) is 3. The second-order valence-corrected chi connectivity index (χ2v) is 8.22. The lowest BCUT2D eigenvalue weighted by atomic mass is 9.99. The van der Waals surface area contributed by atoms with E-state index in [1.165, 1.54) is 12.1 Å². The normalized spacial score (nSPS) is 14.2. The molecule has 4 nitrogen and oxygen atoms in total. The third kappa shape index (κ3) is 4.33. The van der Waals surface area contributed by atoms with Crippen molar-refractivity contribution in [2.75, 3.05) is 10.2 Å². The number of rotatable bonds is 5. The van der Waals surface area contributed by atoms with Crippen molar-refractivity contribution >= 4 is 28.8 Å². The van der Waals surface area contributed by atoms with Crippen LogP contribution in [0.4, 0.5) is 24.5 Å². The van der Waals surface area contributed by atoms with E-state index in [1.807, 2.05) is 39.0 Å². The average Bonchev–Trinajstić information content (AvgIpc) is 3.04. The van der Waals surface area contributed by atoms with Gasteiger partial charge in [-0.15, -0.1) is 0 Å². The number of nitrogens with one attached hydrogen (secondary N) is 1.